The average molecular weight is 653 g/mol. The minimum absolute atomic E-state index is 0.0651. The minimum Gasteiger partial charge on any atom is -0.481 e. The third-order valence-corrected chi connectivity index (χ3v) is 10.5. The van der Waals surface area contributed by atoms with Crippen molar-refractivity contribution >= 4 is 28.7 Å². The van der Waals surface area contributed by atoms with E-state index in [2.05, 4.69) is 33.0 Å². The first-order valence-corrected chi connectivity index (χ1v) is 17.2. The van der Waals surface area contributed by atoms with Gasteiger partial charge in [-0.3, -0.25) is 18.7 Å². The van der Waals surface area contributed by atoms with Crippen LogP contribution in [0.5, 0.6) is 0 Å². The van der Waals surface area contributed by atoms with Crippen LogP contribution in [-0.2, 0) is 22.4 Å². The third kappa shape index (κ3) is 6.50. The highest BCUT2D eigenvalue weighted by molar-refractivity contribution is 5.84. The van der Waals surface area contributed by atoms with Crippen LogP contribution in [-0.4, -0.2) is 83.6 Å². The fourth-order valence-corrected chi connectivity index (χ4v) is 7.91. The van der Waals surface area contributed by atoms with Crippen LogP contribution < -0.4 is 26.5 Å². The van der Waals surface area contributed by atoms with Gasteiger partial charge in [0.25, 0.3) is 0 Å². The zero-order valence-electron chi connectivity index (χ0n) is 27.1. The molecule has 0 unspecified atom stereocenters. The lowest BCUT2D eigenvalue weighted by Gasteiger charge is -2.29. The molecule has 4 aromatic rings. The van der Waals surface area contributed by atoms with Crippen LogP contribution >= 0.6 is 0 Å². The van der Waals surface area contributed by atoms with Crippen LogP contribution in [0.1, 0.15) is 24.0 Å². The van der Waals surface area contributed by atoms with Gasteiger partial charge in [-0.2, -0.15) is 0 Å². The Morgan fingerprint density at radius 3 is 1.71 bits per heavy atom. The SMILES string of the molecule is O=C(O)[C@@H](Cc1cccc(-n2c(=O)n(-c3cccc(C[C@H](C(=O)O)[C@H]4CCNC4)c3)c3cc(N4CCNCC4)ccc32)c1)[C@H]1CCNC1. The Balaban J connectivity index is 1.30. The number of imidazole rings is 1. The van der Waals surface area contributed by atoms with Crippen molar-refractivity contribution in [3.05, 3.63) is 88.3 Å². The summed E-state index contributed by atoms with van der Waals surface area (Å²) in [5.41, 5.74) is 5.42. The van der Waals surface area contributed by atoms with Crippen LogP contribution in [0.3, 0.4) is 0 Å². The molecule has 3 aliphatic rings. The number of nitrogens with one attached hydrogen (secondary N) is 3. The molecule has 7 rings (SSSR count). The van der Waals surface area contributed by atoms with Crippen molar-refractivity contribution in [2.75, 3.05) is 57.3 Å². The van der Waals surface area contributed by atoms with E-state index in [0.29, 0.717) is 37.3 Å². The summed E-state index contributed by atoms with van der Waals surface area (Å²) in [6.07, 6.45) is 2.45. The topological polar surface area (TPSA) is 141 Å². The lowest BCUT2D eigenvalue weighted by Crippen LogP contribution is -2.43. The lowest BCUT2D eigenvalue weighted by atomic mass is 9.86. The normalized spacial score (nSPS) is 21.0. The molecule has 252 valence electrons. The Bertz CT molecular complexity index is 1850. The van der Waals surface area contributed by atoms with Gasteiger partial charge >= 0.3 is 17.6 Å². The molecule has 3 saturated heterocycles. The van der Waals surface area contributed by atoms with E-state index in [9.17, 15) is 24.6 Å². The highest BCUT2D eigenvalue weighted by atomic mass is 16.4. The maximum atomic E-state index is 14.6. The van der Waals surface area contributed by atoms with Crippen molar-refractivity contribution in [1.82, 2.24) is 25.1 Å². The number of carboxylic acid groups (broad SMARTS) is 2. The number of hydrogen-bond donors (Lipinski definition) is 5. The third-order valence-electron chi connectivity index (χ3n) is 10.5. The molecular formula is C37H44N6O5. The zero-order chi connectivity index (χ0) is 33.2. The number of benzene rings is 3. The van der Waals surface area contributed by atoms with Crippen molar-refractivity contribution in [2.24, 2.45) is 23.7 Å². The molecule has 0 radical (unpaired) electrons. The van der Waals surface area contributed by atoms with Crippen LogP contribution in [0.4, 0.5) is 5.69 Å². The smallest absolute Gasteiger partial charge is 0.338 e. The number of nitrogens with zero attached hydrogens (tertiary/aromatic N) is 3. The number of carbonyl (C=O) groups is 2. The number of anilines is 1. The van der Waals surface area contributed by atoms with Gasteiger partial charge in [-0.15, -0.1) is 0 Å². The van der Waals surface area contributed by atoms with E-state index in [1.807, 2.05) is 54.6 Å². The Kier molecular flexibility index (Phi) is 9.34. The second-order valence-electron chi connectivity index (χ2n) is 13.5. The molecular weight excluding hydrogens is 608 g/mol. The number of aliphatic carboxylic acids is 2. The number of carboxylic acids is 2. The Morgan fingerprint density at radius 2 is 1.21 bits per heavy atom. The summed E-state index contributed by atoms with van der Waals surface area (Å²) in [6, 6.07) is 21.5. The first kappa shape index (κ1) is 32.1. The van der Waals surface area contributed by atoms with Gasteiger partial charge in [-0.05, 0) is 117 Å². The Hall–Kier alpha value is -4.45. The largest absolute Gasteiger partial charge is 0.481 e. The molecule has 0 amide bonds. The molecule has 3 aliphatic heterocycles. The van der Waals surface area contributed by atoms with Gasteiger partial charge in [0.2, 0.25) is 0 Å². The van der Waals surface area contributed by atoms with Gasteiger partial charge < -0.3 is 31.1 Å². The van der Waals surface area contributed by atoms with Gasteiger partial charge in [-0.25, -0.2) is 4.79 Å². The number of aromatic nitrogens is 2. The zero-order valence-corrected chi connectivity index (χ0v) is 27.1. The monoisotopic (exact) mass is 652 g/mol. The highest BCUT2D eigenvalue weighted by Gasteiger charge is 2.32. The highest BCUT2D eigenvalue weighted by Crippen LogP contribution is 2.30. The summed E-state index contributed by atoms with van der Waals surface area (Å²) >= 11 is 0. The summed E-state index contributed by atoms with van der Waals surface area (Å²) in [4.78, 5) is 41.5. The van der Waals surface area contributed by atoms with Crippen molar-refractivity contribution in [3.8, 4) is 11.4 Å². The fourth-order valence-electron chi connectivity index (χ4n) is 7.91. The summed E-state index contributed by atoms with van der Waals surface area (Å²) in [5.74, 6) is -2.47. The summed E-state index contributed by atoms with van der Waals surface area (Å²) in [7, 11) is 0. The molecule has 48 heavy (non-hydrogen) atoms. The maximum absolute atomic E-state index is 14.6. The maximum Gasteiger partial charge on any atom is 0.338 e. The van der Waals surface area contributed by atoms with Gasteiger partial charge in [0, 0.05) is 31.9 Å². The average Bonchev–Trinajstić information content (AvgIpc) is 3.88. The number of hydrogen-bond acceptors (Lipinski definition) is 7. The van der Waals surface area contributed by atoms with Crippen molar-refractivity contribution in [3.63, 3.8) is 0 Å². The van der Waals surface area contributed by atoms with Crippen LogP contribution in [0.2, 0.25) is 0 Å². The number of fused-ring (bicyclic) bond motifs is 1. The number of rotatable bonds is 11. The molecule has 0 bridgehead atoms. The molecule has 4 heterocycles. The number of piperazine rings is 1. The molecule has 3 aromatic carbocycles. The summed E-state index contributed by atoms with van der Waals surface area (Å²) < 4.78 is 3.44. The first-order chi connectivity index (χ1) is 23.4. The predicted molar refractivity (Wildman–Crippen MR) is 186 cm³/mol. The molecule has 3 fully saturated rings. The fraction of sp³-hybridized carbons (Fsp3) is 0.432. The van der Waals surface area contributed by atoms with E-state index < -0.39 is 23.8 Å². The molecule has 0 spiro atoms. The first-order valence-electron chi connectivity index (χ1n) is 17.2. The lowest BCUT2D eigenvalue weighted by molar-refractivity contribution is -0.144. The van der Waals surface area contributed by atoms with E-state index in [4.69, 9.17) is 0 Å². The molecule has 4 atom stereocenters. The van der Waals surface area contributed by atoms with E-state index in [1.165, 1.54) is 0 Å². The van der Waals surface area contributed by atoms with E-state index >= 15 is 0 Å². The summed E-state index contributed by atoms with van der Waals surface area (Å²) in [6.45, 7) is 6.55. The molecule has 11 nitrogen and oxygen atoms in total. The van der Waals surface area contributed by atoms with E-state index in [-0.39, 0.29) is 17.5 Å². The Morgan fingerprint density at radius 1 is 0.667 bits per heavy atom. The Labute approximate surface area is 279 Å². The summed E-state index contributed by atoms with van der Waals surface area (Å²) in [5, 5.41) is 30.1. The molecule has 1 aromatic heterocycles. The van der Waals surface area contributed by atoms with Gasteiger partial charge in [-0.1, -0.05) is 24.3 Å². The van der Waals surface area contributed by atoms with Crippen molar-refractivity contribution in [1.29, 1.82) is 0 Å². The second kappa shape index (κ2) is 14.0. The van der Waals surface area contributed by atoms with Crippen LogP contribution in [0.15, 0.2) is 71.5 Å². The standard InChI is InChI=1S/C37H44N6O5/c44-35(45)31(26-9-11-39-22-26)19-24-3-1-5-29(17-24)42-33-8-7-28(41-15-13-38-14-16-41)21-34(33)43(37(42)48)30-6-2-4-25(18-30)20-32(36(46)47)27-10-12-40-23-27/h1-8,17-18,21,26-27,31-32,38-40H,9-16,19-20,22-23H2,(H,44,45)(H,46,47)/t26-,27-,31-,32-/m0/s1. The molecule has 0 saturated carbocycles. The van der Waals surface area contributed by atoms with E-state index in [0.717, 1.165) is 80.0 Å². The van der Waals surface area contributed by atoms with Crippen LogP contribution in [0.25, 0.3) is 22.4 Å². The second-order valence-corrected chi connectivity index (χ2v) is 13.5. The van der Waals surface area contributed by atoms with Gasteiger partial charge in [0.15, 0.2) is 0 Å². The van der Waals surface area contributed by atoms with Crippen molar-refractivity contribution in [2.45, 2.75) is 25.7 Å². The molecule has 11 heteroatoms. The van der Waals surface area contributed by atoms with Gasteiger partial charge in [0.05, 0.1) is 34.2 Å². The van der Waals surface area contributed by atoms with E-state index in [1.54, 1.807) is 9.13 Å². The van der Waals surface area contributed by atoms with Crippen LogP contribution in [0, 0.1) is 23.7 Å². The molecule has 5 N–H and O–H groups in total. The molecule has 0 aliphatic carbocycles. The predicted octanol–water partition coefficient (Wildman–Crippen LogP) is 2.90. The quantitative estimate of drug-likeness (QED) is 0.166. The minimum atomic E-state index is -0.794. The van der Waals surface area contributed by atoms with Crippen molar-refractivity contribution < 1.29 is 19.8 Å². The van der Waals surface area contributed by atoms with Gasteiger partial charge in [0.1, 0.15) is 0 Å².